The van der Waals surface area contributed by atoms with Gasteiger partial charge in [0.2, 0.25) is 0 Å². The maximum atomic E-state index is 11.8. The van der Waals surface area contributed by atoms with Gasteiger partial charge in [-0.2, -0.15) is 0 Å². The predicted octanol–water partition coefficient (Wildman–Crippen LogP) is 1.37. The third kappa shape index (κ3) is 4.38. The molecule has 0 bridgehead atoms. The first kappa shape index (κ1) is 17.6. The van der Waals surface area contributed by atoms with Crippen LogP contribution in [0.1, 0.15) is 36.5 Å². The minimum absolute atomic E-state index is 0.213. The Labute approximate surface area is 139 Å². The van der Waals surface area contributed by atoms with Crippen molar-refractivity contribution in [1.29, 1.82) is 0 Å². The highest BCUT2D eigenvalue weighted by Gasteiger charge is 2.10. The Morgan fingerprint density at radius 2 is 1.67 bits per heavy atom. The Kier molecular flexibility index (Phi) is 5.63. The highest BCUT2D eigenvalue weighted by molar-refractivity contribution is 6.37. The number of carbonyl (C=O) groups excluding carboxylic acids is 2. The molecule has 1 aromatic heterocycles. The van der Waals surface area contributed by atoms with E-state index in [0.717, 1.165) is 11.1 Å². The molecule has 126 valence electrons. The standard InChI is InChI=1S/C18H20N2O4/c1-3-15(21)16(22)9-8-13-4-6-14(7-5-13)11-20-10-12(2)17(23)19-18(20)24/h4-7,10H,3,8-9,11H2,1-2H3,(H,19,23,24). The van der Waals surface area contributed by atoms with Gasteiger partial charge in [0.25, 0.3) is 5.56 Å². The van der Waals surface area contributed by atoms with Crippen LogP contribution < -0.4 is 11.2 Å². The van der Waals surface area contributed by atoms with E-state index >= 15 is 0 Å². The largest absolute Gasteiger partial charge is 0.328 e. The summed E-state index contributed by atoms with van der Waals surface area (Å²) in [5.41, 5.74) is 1.52. The fraction of sp³-hybridized carbons (Fsp3) is 0.333. The molecule has 6 nitrogen and oxygen atoms in total. The fourth-order valence-electron chi connectivity index (χ4n) is 2.34. The van der Waals surface area contributed by atoms with Crippen LogP contribution in [0.2, 0.25) is 0 Å². The smallest absolute Gasteiger partial charge is 0.296 e. The van der Waals surface area contributed by atoms with Gasteiger partial charge in [-0.1, -0.05) is 31.2 Å². The molecule has 2 aromatic rings. The zero-order chi connectivity index (χ0) is 17.7. The third-order valence-electron chi connectivity index (χ3n) is 3.84. The lowest BCUT2D eigenvalue weighted by molar-refractivity contribution is -0.136. The average Bonchev–Trinajstić information content (AvgIpc) is 2.58. The number of benzene rings is 1. The number of nitrogens with zero attached hydrogens (tertiary/aromatic N) is 1. The Morgan fingerprint density at radius 3 is 2.29 bits per heavy atom. The number of hydrogen-bond acceptors (Lipinski definition) is 4. The molecule has 0 aliphatic carbocycles. The summed E-state index contributed by atoms with van der Waals surface area (Å²) >= 11 is 0. The molecule has 0 fully saturated rings. The van der Waals surface area contributed by atoms with Crippen molar-refractivity contribution in [1.82, 2.24) is 9.55 Å². The van der Waals surface area contributed by atoms with Gasteiger partial charge in [-0.25, -0.2) is 4.79 Å². The molecule has 0 unspecified atom stereocenters. The van der Waals surface area contributed by atoms with E-state index in [-0.39, 0.29) is 30.0 Å². The number of Topliss-reactive ketones (excluding diaryl/α,β-unsaturated/α-hetero) is 2. The number of nitrogens with one attached hydrogen (secondary N) is 1. The van der Waals surface area contributed by atoms with Crippen LogP contribution in [0.15, 0.2) is 40.1 Å². The lowest BCUT2D eigenvalue weighted by Gasteiger charge is -2.07. The van der Waals surface area contributed by atoms with E-state index in [1.54, 1.807) is 13.8 Å². The first-order valence-electron chi connectivity index (χ1n) is 7.85. The SMILES string of the molecule is CCC(=O)C(=O)CCc1ccc(Cn2cc(C)c(=O)[nH]c2=O)cc1. The summed E-state index contributed by atoms with van der Waals surface area (Å²) in [5.74, 6) is -0.670. The van der Waals surface area contributed by atoms with Crippen LogP contribution in [0.25, 0.3) is 0 Å². The molecule has 0 amide bonds. The van der Waals surface area contributed by atoms with Crippen LogP contribution in [0, 0.1) is 6.92 Å². The predicted molar refractivity (Wildman–Crippen MR) is 90.2 cm³/mol. The van der Waals surface area contributed by atoms with Crippen LogP contribution >= 0.6 is 0 Å². The van der Waals surface area contributed by atoms with Crippen molar-refractivity contribution in [2.24, 2.45) is 0 Å². The Hall–Kier alpha value is -2.76. The molecule has 0 saturated carbocycles. The van der Waals surface area contributed by atoms with Gasteiger partial charge in [-0.15, -0.1) is 0 Å². The van der Waals surface area contributed by atoms with E-state index in [4.69, 9.17) is 0 Å². The maximum absolute atomic E-state index is 11.8. The van der Waals surface area contributed by atoms with Gasteiger partial charge in [0.15, 0.2) is 11.6 Å². The zero-order valence-corrected chi connectivity index (χ0v) is 13.8. The summed E-state index contributed by atoms with van der Waals surface area (Å²) < 4.78 is 1.44. The van der Waals surface area contributed by atoms with Crippen LogP contribution in [0.5, 0.6) is 0 Å². The van der Waals surface area contributed by atoms with Crippen molar-refractivity contribution in [3.63, 3.8) is 0 Å². The van der Waals surface area contributed by atoms with E-state index in [9.17, 15) is 19.2 Å². The van der Waals surface area contributed by atoms with Gasteiger partial charge in [0, 0.05) is 24.6 Å². The van der Waals surface area contributed by atoms with Crippen molar-refractivity contribution in [2.45, 2.75) is 39.7 Å². The summed E-state index contributed by atoms with van der Waals surface area (Å²) in [5, 5.41) is 0. The van der Waals surface area contributed by atoms with E-state index < -0.39 is 5.69 Å². The molecule has 24 heavy (non-hydrogen) atoms. The van der Waals surface area contributed by atoms with Gasteiger partial charge in [0.1, 0.15) is 0 Å². The summed E-state index contributed by atoms with van der Waals surface area (Å²) in [7, 11) is 0. The molecule has 0 saturated heterocycles. The molecule has 6 heteroatoms. The first-order valence-corrected chi connectivity index (χ1v) is 7.85. The van der Waals surface area contributed by atoms with Gasteiger partial charge in [0.05, 0.1) is 6.54 Å². The number of aromatic amines is 1. The first-order chi connectivity index (χ1) is 11.4. The molecule has 0 aliphatic heterocycles. The second-order valence-electron chi connectivity index (χ2n) is 5.72. The van der Waals surface area contributed by atoms with E-state index in [1.165, 1.54) is 10.8 Å². The van der Waals surface area contributed by atoms with Gasteiger partial charge in [-0.3, -0.25) is 23.9 Å². The number of carbonyl (C=O) groups is 2. The minimum Gasteiger partial charge on any atom is -0.296 e. The summed E-state index contributed by atoms with van der Waals surface area (Å²) in [6, 6.07) is 7.49. The molecule has 1 N–H and O–H groups in total. The Morgan fingerprint density at radius 1 is 1.04 bits per heavy atom. The molecule has 0 aliphatic rings. The summed E-state index contributed by atoms with van der Waals surface area (Å²) in [6.07, 6.45) is 2.50. The minimum atomic E-state index is -0.446. The maximum Gasteiger partial charge on any atom is 0.328 e. The average molecular weight is 328 g/mol. The zero-order valence-electron chi connectivity index (χ0n) is 13.8. The normalized spacial score (nSPS) is 10.6. The van der Waals surface area contributed by atoms with E-state index in [2.05, 4.69) is 4.98 Å². The van der Waals surface area contributed by atoms with Crippen molar-refractivity contribution in [3.05, 3.63) is 68.0 Å². The second-order valence-corrected chi connectivity index (χ2v) is 5.72. The third-order valence-corrected chi connectivity index (χ3v) is 3.84. The van der Waals surface area contributed by atoms with Gasteiger partial charge < -0.3 is 0 Å². The topological polar surface area (TPSA) is 89.0 Å². The summed E-state index contributed by atoms with van der Waals surface area (Å²) in [6.45, 7) is 3.67. The highest BCUT2D eigenvalue weighted by Crippen LogP contribution is 2.08. The molecule has 0 atom stereocenters. The Balaban J connectivity index is 2.04. The van der Waals surface area contributed by atoms with E-state index in [1.807, 2.05) is 24.3 Å². The molecular weight excluding hydrogens is 308 g/mol. The lowest BCUT2D eigenvalue weighted by Crippen LogP contribution is -2.31. The molecule has 1 heterocycles. The lowest BCUT2D eigenvalue weighted by atomic mass is 10.0. The van der Waals surface area contributed by atoms with Crippen LogP contribution in [0.3, 0.4) is 0 Å². The van der Waals surface area contributed by atoms with E-state index in [0.29, 0.717) is 18.5 Å². The van der Waals surface area contributed by atoms with Crippen molar-refractivity contribution in [3.8, 4) is 0 Å². The number of rotatable bonds is 7. The van der Waals surface area contributed by atoms with Crippen molar-refractivity contribution < 1.29 is 9.59 Å². The van der Waals surface area contributed by atoms with Crippen LogP contribution in [-0.4, -0.2) is 21.1 Å². The second kappa shape index (κ2) is 7.68. The monoisotopic (exact) mass is 328 g/mol. The fourth-order valence-corrected chi connectivity index (χ4v) is 2.34. The number of ketones is 2. The molecule has 0 spiro atoms. The van der Waals surface area contributed by atoms with Crippen LogP contribution in [-0.2, 0) is 22.6 Å². The number of H-pyrrole nitrogens is 1. The molecule has 2 rings (SSSR count). The number of aryl methyl sites for hydroxylation is 2. The van der Waals surface area contributed by atoms with Crippen molar-refractivity contribution >= 4 is 11.6 Å². The van der Waals surface area contributed by atoms with Crippen molar-refractivity contribution in [2.75, 3.05) is 0 Å². The number of aromatic nitrogens is 2. The Bertz CT molecular complexity index is 860. The molecular formula is C18H20N2O4. The quantitative estimate of drug-likeness (QED) is 0.778. The van der Waals surface area contributed by atoms with Crippen LogP contribution in [0.4, 0.5) is 0 Å². The summed E-state index contributed by atoms with van der Waals surface area (Å²) in [4.78, 5) is 48.2. The van der Waals surface area contributed by atoms with Gasteiger partial charge in [-0.05, 0) is 24.5 Å². The number of hydrogen-bond donors (Lipinski definition) is 1. The van der Waals surface area contributed by atoms with Gasteiger partial charge >= 0.3 is 5.69 Å². The molecule has 0 radical (unpaired) electrons. The molecule has 1 aromatic carbocycles. The highest BCUT2D eigenvalue weighted by atomic mass is 16.2.